The molecule has 1 aliphatic heterocycles. The Morgan fingerprint density at radius 3 is 2.48 bits per heavy atom. The Kier molecular flexibility index (Phi) is 4.98. The fraction of sp³-hybridized carbons (Fsp3) is 0.962. The van der Waals surface area contributed by atoms with Gasteiger partial charge in [-0.15, -0.1) is 0 Å². The highest BCUT2D eigenvalue weighted by Crippen LogP contribution is 2.69. The van der Waals surface area contributed by atoms with Gasteiger partial charge in [-0.05, 0) is 106 Å². The topological polar surface area (TPSA) is 40.5 Å². The van der Waals surface area contributed by atoms with Gasteiger partial charge in [0.05, 0.1) is 6.10 Å². The lowest BCUT2D eigenvalue weighted by Crippen LogP contribution is -2.58. The van der Waals surface area contributed by atoms with Gasteiger partial charge < -0.3 is 10.0 Å². The lowest BCUT2D eigenvalue weighted by molar-refractivity contribution is -0.169. The first-order valence-corrected chi connectivity index (χ1v) is 12.7. The zero-order chi connectivity index (χ0) is 20.4. The molecule has 0 amide bonds. The molecule has 3 nitrogen and oxygen atoms in total. The van der Waals surface area contributed by atoms with Gasteiger partial charge in [-0.3, -0.25) is 4.79 Å². The number of rotatable bonds is 2. The number of ketones is 1. The number of fused-ring (bicyclic) bond motifs is 5. The van der Waals surface area contributed by atoms with Crippen molar-refractivity contribution in [1.82, 2.24) is 4.90 Å². The number of carbonyl (C=O) groups excluding carboxylic acids is 1. The molecule has 0 aromatic carbocycles. The number of Topliss-reactive ketones (excluding diaryl/α,β-unsaturated/α-hetero) is 1. The molecule has 29 heavy (non-hydrogen) atoms. The molecular formula is C26H43NO2. The molecule has 0 spiro atoms. The molecule has 0 bridgehead atoms. The number of nitrogens with zero attached hydrogens (tertiary/aromatic N) is 1. The van der Waals surface area contributed by atoms with Crippen LogP contribution in [0.4, 0.5) is 0 Å². The summed E-state index contributed by atoms with van der Waals surface area (Å²) >= 11 is 0. The first-order valence-electron chi connectivity index (χ1n) is 12.7. The number of aliphatic hydroxyl groups is 1. The van der Waals surface area contributed by atoms with Gasteiger partial charge in [-0.1, -0.05) is 27.2 Å². The third-order valence-corrected chi connectivity index (χ3v) is 11.1. The predicted molar refractivity (Wildman–Crippen MR) is 117 cm³/mol. The Labute approximate surface area is 178 Å². The summed E-state index contributed by atoms with van der Waals surface area (Å²) in [4.78, 5) is 16.2. The van der Waals surface area contributed by atoms with Crippen LogP contribution in [0.5, 0.6) is 0 Å². The number of hydrogen-bond donors (Lipinski definition) is 1. The molecule has 4 saturated carbocycles. The summed E-state index contributed by atoms with van der Waals surface area (Å²) in [7, 11) is 0. The predicted octanol–water partition coefficient (Wildman–Crippen LogP) is 5.06. The summed E-state index contributed by atoms with van der Waals surface area (Å²) in [6, 6.07) is 0. The van der Waals surface area contributed by atoms with Crippen molar-refractivity contribution in [3.8, 4) is 0 Å². The van der Waals surface area contributed by atoms with E-state index in [0.29, 0.717) is 17.1 Å². The van der Waals surface area contributed by atoms with Crippen LogP contribution in [0, 0.1) is 39.9 Å². The minimum Gasteiger partial charge on any atom is -0.393 e. The van der Waals surface area contributed by atoms with Gasteiger partial charge in [0.2, 0.25) is 0 Å². The van der Waals surface area contributed by atoms with Crippen molar-refractivity contribution in [3.63, 3.8) is 0 Å². The van der Waals surface area contributed by atoms with E-state index < -0.39 is 0 Å². The SMILES string of the molecule is C[C@@]12CC[C@H]3[C@@H]4C[C@@H](CN5CCCCC5)C(=O)[C@@]4(C)CC[C@@H]3[C@@]1(C)CC[C@H](O)C2. The molecule has 0 radical (unpaired) electrons. The van der Waals surface area contributed by atoms with E-state index in [1.54, 1.807) is 0 Å². The number of aliphatic hydroxyl groups excluding tert-OH is 1. The van der Waals surface area contributed by atoms with Crippen molar-refractivity contribution < 1.29 is 9.90 Å². The molecule has 0 aromatic heterocycles. The fourth-order valence-corrected chi connectivity index (χ4v) is 9.16. The third-order valence-electron chi connectivity index (χ3n) is 11.1. The van der Waals surface area contributed by atoms with Gasteiger partial charge in [0.25, 0.3) is 0 Å². The molecule has 164 valence electrons. The second kappa shape index (κ2) is 7.05. The molecule has 1 N–H and O–H groups in total. The summed E-state index contributed by atoms with van der Waals surface area (Å²) in [5.41, 5.74) is 0.583. The van der Waals surface area contributed by atoms with E-state index in [0.717, 1.165) is 44.1 Å². The van der Waals surface area contributed by atoms with E-state index in [1.807, 2.05) is 0 Å². The van der Waals surface area contributed by atoms with Crippen molar-refractivity contribution in [3.05, 3.63) is 0 Å². The van der Waals surface area contributed by atoms with E-state index >= 15 is 0 Å². The van der Waals surface area contributed by atoms with E-state index in [4.69, 9.17) is 0 Å². The van der Waals surface area contributed by atoms with Crippen molar-refractivity contribution in [2.45, 2.75) is 97.5 Å². The van der Waals surface area contributed by atoms with Crippen molar-refractivity contribution in [1.29, 1.82) is 0 Å². The molecule has 5 rings (SSSR count). The molecular weight excluding hydrogens is 358 g/mol. The Bertz CT molecular complexity index is 657. The summed E-state index contributed by atoms with van der Waals surface area (Å²) in [5.74, 6) is 3.00. The van der Waals surface area contributed by atoms with Crippen LogP contribution in [0.15, 0.2) is 0 Å². The summed E-state index contributed by atoms with van der Waals surface area (Å²) in [6.45, 7) is 10.8. The molecule has 1 heterocycles. The first-order chi connectivity index (χ1) is 13.8. The van der Waals surface area contributed by atoms with E-state index in [1.165, 1.54) is 58.0 Å². The van der Waals surface area contributed by atoms with Gasteiger partial charge in [-0.2, -0.15) is 0 Å². The molecule has 8 atom stereocenters. The van der Waals surface area contributed by atoms with Gasteiger partial charge in [0.15, 0.2) is 0 Å². The fourth-order valence-electron chi connectivity index (χ4n) is 9.16. The Morgan fingerprint density at radius 2 is 1.72 bits per heavy atom. The minimum atomic E-state index is -0.0968. The molecule has 4 aliphatic carbocycles. The average molecular weight is 402 g/mol. The highest BCUT2D eigenvalue weighted by atomic mass is 16.3. The summed E-state index contributed by atoms with van der Waals surface area (Å²) in [6.07, 6.45) is 13.1. The van der Waals surface area contributed by atoms with Gasteiger partial charge in [0, 0.05) is 17.9 Å². The van der Waals surface area contributed by atoms with E-state index in [9.17, 15) is 9.90 Å². The Balaban J connectivity index is 1.37. The average Bonchev–Trinajstić information content (AvgIpc) is 2.95. The smallest absolute Gasteiger partial charge is 0.143 e. The maximum Gasteiger partial charge on any atom is 0.143 e. The number of hydrogen-bond acceptors (Lipinski definition) is 3. The normalized spacial score (nSPS) is 53.2. The number of piperidine rings is 1. The second-order valence-corrected chi connectivity index (χ2v) is 12.4. The highest BCUT2D eigenvalue weighted by Gasteiger charge is 2.64. The van der Waals surface area contributed by atoms with Gasteiger partial charge >= 0.3 is 0 Å². The molecule has 0 aromatic rings. The Morgan fingerprint density at radius 1 is 0.966 bits per heavy atom. The van der Waals surface area contributed by atoms with Crippen molar-refractivity contribution in [2.75, 3.05) is 19.6 Å². The zero-order valence-electron chi connectivity index (χ0n) is 19.1. The van der Waals surface area contributed by atoms with Crippen LogP contribution in [-0.4, -0.2) is 41.5 Å². The monoisotopic (exact) mass is 401 g/mol. The van der Waals surface area contributed by atoms with Gasteiger partial charge in [0.1, 0.15) is 5.78 Å². The summed E-state index contributed by atoms with van der Waals surface area (Å²) < 4.78 is 0. The van der Waals surface area contributed by atoms with Crippen LogP contribution in [0.1, 0.15) is 91.4 Å². The molecule has 0 unspecified atom stereocenters. The maximum atomic E-state index is 13.6. The zero-order valence-corrected chi connectivity index (χ0v) is 19.1. The lowest BCUT2D eigenvalue weighted by Gasteiger charge is -2.64. The summed E-state index contributed by atoms with van der Waals surface area (Å²) in [5, 5.41) is 10.4. The molecule has 5 aliphatic rings. The van der Waals surface area contributed by atoms with E-state index in [-0.39, 0.29) is 22.9 Å². The quantitative estimate of drug-likeness (QED) is 0.703. The van der Waals surface area contributed by atoms with Crippen LogP contribution in [-0.2, 0) is 4.79 Å². The van der Waals surface area contributed by atoms with E-state index in [2.05, 4.69) is 25.7 Å². The third kappa shape index (κ3) is 3.00. The van der Waals surface area contributed by atoms with Crippen molar-refractivity contribution in [2.24, 2.45) is 39.9 Å². The number of likely N-dealkylation sites (tertiary alicyclic amines) is 1. The van der Waals surface area contributed by atoms with Crippen LogP contribution >= 0.6 is 0 Å². The maximum absolute atomic E-state index is 13.6. The van der Waals surface area contributed by atoms with Crippen LogP contribution in [0.25, 0.3) is 0 Å². The molecule has 5 fully saturated rings. The molecule has 3 heteroatoms. The van der Waals surface area contributed by atoms with Gasteiger partial charge in [-0.25, -0.2) is 0 Å². The standard InChI is InChI=1S/C26H43NO2/c1-24-10-8-20-21(26(24,3)12-7-19(28)16-24)9-11-25(2)22(20)15-18(23(25)29)17-27-13-5-4-6-14-27/h18-22,28H,4-17H2,1-3H3/t18-,19-,20+,21-,22-,24-,25-,26+/m0/s1. The lowest BCUT2D eigenvalue weighted by atomic mass is 9.40. The van der Waals surface area contributed by atoms with Crippen LogP contribution in [0.3, 0.4) is 0 Å². The van der Waals surface area contributed by atoms with Crippen molar-refractivity contribution >= 4 is 5.78 Å². The second-order valence-electron chi connectivity index (χ2n) is 12.4. The highest BCUT2D eigenvalue weighted by molar-refractivity contribution is 5.89. The minimum absolute atomic E-state index is 0.0557. The largest absolute Gasteiger partial charge is 0.393 e. The molecule has 1 saturated heterocycles. The first kappa shape index (κ1) is 20.5. The van der Waals surface area contributed by atoms with Crippen LogP contribution < -0.4 is 0 Å². The van der Waals surface area contributed by atoms with Crippen LogP contribution in [0.2, 0.25) is 0 Å². The number of carbonyl (C=O) groups is 1. The Hall–Kier alpha value is -0.410.